The number of urea groups is 1. The Morgan fingerprint density at radius 1 is 1.15 bits per heavy atom. The number of hydrogen-bond acceptors (Lipinski definition) is 4. The Morgan fingerprint density at radius 2 is 1.88 bits per heavy atom. The minimum atomic E-state index is -0.584. The molecule has 1 aromatic heterocycles. The van der Waals surface area contributed by atoms with Gasteiger partial charge >= 0.3 is 6.03 Å². The summed E-state index contributed by atoms with van der Waals surface area (Å²) in [7, 11) is 0. The SMILES string of the molecule is CCC1C(=O)NC(n2nc(-c3ccccc3)cc2NC(=O)NCc2ccc(Cl)cc2)NC1C. The number of nitrogens with one attached hydrogen (secondary N) is 4. The molecule has 0 saturated carbocycles. The molecule has 3 amide bonds. The maximum absolute atomic E-state index is 12.7. The van der Waals surface area contributed by atoms with E-state index >= 15 is 0 Å². The normalized spacial score (nSPS) is 20.2. The Kier molecular flexibility index (Phi) is 6.96. The van der Waals surface area contributed by atoms with Crippen LogP contribution in [0.2, 0.25) is 5.02 Å². The lowest BCUT2D eigenvalue weighted by atomic mass is 9.95. The Hall–Kier alpha value is -3.36. The number of amides is 3. The zero-order valence-electron chi connectivity index (χ0n) is 18.5. The predicted octanol–water partition coefficient (Wildman–Crippen LogP) is 4.12. The molecule has 1 saturated heterocycles. The van der Waals surface area contributed by atoms with E-state index in [9.17, 15) is 9.59 Å². The van der Waals surface area contributed by atoms with Crippen LogP contribution < -0.4 is 21.3 Å². The zero-order valence-corrected chi connectivity index (χ0v) is 19.3. The zero-order chi connectivity index (χ0) is 23.4. The van der Waals surface area contributed by atoms with Crippen LogP contribution in [0.25, 0.3) is 11.3 Å². The van der Waals surface area contributed by atoms with Gasteiger partial charge in [-0.25, -0.2) is 9.48 Å². The minimum absolute atomic E-state index is 0.0373. The highest BCUT2D eigenvalue weighted by molar-refractivity contribution is 6.30. The molecule has 2 heterocycles. The van der Waals surface area contributed by atoms with Crippen molar-refractivity contribution in [2.24, 2.45) is 5.92 Å². The number of carbonyl (C=O) groups is 2. The predicted molar refractivity (Wildman–Crippen MR) is 129 cm³/mol. The highest BCUT2D eigenvalue weighted by atomic mass is 35.5. The van der Waals surface area contributed by atoms with Crippen molar-refractivity contribution in [3.8, 4) is 11.3 Å². The van der Waals surface area contributed by atoms with Gasteiger partial charge in [-0.3, -0.25) is 15.4 Å². The highest BCUT2D eigenvalue weighted by Gasteiger charge is 2.34. The average Bonchev–Trinajstić information content (AvgIpc) is 3.23. The fraction of sp³-hybridized carbons (Fsp3) is 0.292. The summed E-state index contributed by atoms with van der Waals surface area (Å²) in [5.74, 6) is 0.301. The largest absolute Gasteiger partial charge is 0.334 e. The lowest BCUT2D eigenvalue weighted by Gasteiger charge is -2.35. The second-order valence-electron chi connectivity index (χ2n) is 8.04. The molecule has 172 valence electrons. The monoisotopic (exact) mass is 466 g/mol. The Balaban J connectivity index is 1.55. The van der Waals surface area contributed by atoms with E-state index in [4.69, 9.17) is 11.6 Å². The first-order valence-electron chi connectivity index (χ1n) is 10.9. The third-order valence-electron chi connectivity index (χ3n) is 5.74. The third kappa shape index (κ3) is 5.35. The molecule has 0 spiro atoms. The van der Waals surface area contributed by atoms with Crippen molar-refractivity contribution in [3.63, 3.8) is 0 Å². The van der Waals surface area contributed by atoms with Gasteiger partial charge in [0.25, 0.3) is 0 Å². The summed E-state index contributed by atoms with van der Waals surface area (Å²) >= 11 is 5.92. The summed E-state index contributed by atoms with van der Waals surface area (Å²) in [4.78, 5) is 25.3. The molecule has 3 aromatic rings. The number of aromatic nitrogens is 2. The standard InChI is InChI=1S/C24H27ClN6O2/c1-3-19-15(2)27-23(29-22(19)32)31-21(13-20(30-31)17-7-5-4-6-8-17)28-24(33)26-14-16-9-11-18(25)12-10-16/h4-13,15,19,23,27H,3,14H2,1-2H3,(H,29,32)(H2,26,28,33). The van der Waals surface area contributed by atoms with Crippen molar-refractivity contribution < 1.29 is 9.59 Å². The van der Waals surface area contributed by atoms with E-state index in [0.29, 0.717) is 23.1 Å². The number of carbonyl (C=O) groups excluding carboxylic acids is 2. The lowest BCUT2D eigenvalue weighted by molar-refractivity contribution is -0.130. The van der Waals surface area contributed by atoms with Crippen molar-refractivity contribution in [3.05, 3.63) is 71.2 Å². The quantitative estimate of drug-likeness (QED) is 0.439. The van der Waals surface area contributed by atoms with E-state index in [1.165, 1.54) is 0 Å². The summed E-state index contributed by atoms with van der Waals surface area (Å²) in [5.41, 5.74) is 2.51. The smallest absolute Gasteiger partial charge is 0.320 e. The molecule has 4 rings (SSSR count). The van der Waals surface area contributed by atoms with Crippen LogP contribution in [0.15, 0.2) is 60.7 Å². The fourth-order valence-electron chi connectivity index (χ4n) is 3.93. The number of benzene rings is 2. The van der Waals surface area contributed by atoms with Crippen molar-refractivity contribution >= 4 is 29.4 Å². The van der Waals surface area contributed by atoms with Crippen molar-refractivity contribution in [1.29, 1.82) is 0 Å². The van der Waals surface area contributed by atoms with Crippen LogP contribution >= 0.6 is 11.6 Å². The number of rotatable bonds is 6. The molecule has 0 aliphatic carbocycles. The number of anilines is 1. The maximum Gasteiger partial charge on any atom is 0.320 e. The van der Waals surface area contributed by atoms with E-state index < -0.39 is 6.29 Å². The van der Waals surface area contributed by atoms with Gasteiger partial charge in [-0.15, -0.1) is 0 Å². The molecule has 33 heavy (non-hydrogen) atoms. The summed E-state index contributed by atoms with van der Waals surface area (Å²) in [6.07, 6.45) is 0.151. The average molecular weight is 467 g/mol. The third-order valence-corrected chi connectivity index (χ3v) is 5.99. The van der Waals surface area contributed by atoms with Gasteiger partial charge in [-0.2, -0.15) is 5.10 Å². The molecular weight excluding hydrogens is 440 g/mol. The van der Waals surface area contributed by atoms with E-state index in [2.05, 4.69) is 26.4 Å². The Bertz CT molecular complexity index is 1120. The van der Waals surface area contributed by atoms with Gasteiger partial charge in [0.15, 0.2) is 6.29 Å². The number of halogens is 1. The van der Waals surface area contributed by atoms with Gasteiger partial charge in [0.2, 0.25) is 5.91 Å². The van der Waals surface area contributed by atoms with Crippen LogP contribution in [0, 0.1) is 5.92 Å². The molecule has 4 N–H and O–H groups in total. The van der Waals surface area contributed by atoms with Crippen LogP contribution in [0.5, 0.6) is 0 Å². The van der Waals surface area contributed by atoms with Gasteiger partial charge in [-0.05, 0) is 31.0 Å². The number of hydrogen-bond donors (Lipinski definition) is 4. The highest BCUT2D eigenvalue weighted by Crippen LogP contribution is 2.26. The molecule has 3 unspecified atom stereocenters. The number of nitrogens with zero attached hydrogens (tertiary/aromatic N) is 2. The summed E-state index contributed by atoms with van der Waals surface area (Å²) in [5, 5.41) is 17.4. The van der Waals surface area contributed by atoms with Crippen LogP contribution in [-0.2, 0) is 11.3 Å². The van der Waals surface area contributed by atoms with Crippen molar-refractivity contribution in [2.45, 2.75) is 39.1 Å². The van der Waals surface area contributed by atoms with E-state index in [1.54, 1.807) is 22.9 Å². The van der Waals surface area contributed by atoms with E-state index in [1.807, 2.05) is 56.3 Å². The first kappa shape index (κ1) is 22.8. The van der Waals surface area contributed by atoms with Crippen LogP contribution in [0.4, 0.5) is 10.6 Å². The molecule has 3 atom stereocenters. The Labute approximate surface area is 197 Å². The maximum atomic E-state index is 12.7. The molecule has 9 heteroatoms. The molecule has 1 fully saturated rings. The van der Waals surface area contributed by atoms with Crippen molar-refractivity contribution in [1.82, 2.24) is 25.7 Å². The van der Waals surface area contributed by atoms with Gasteiger partial charge in [-0.1, -0.05) is 61.0 Å². The van der Waals surface area contributed by atoms with Gasteiger partial charge < -0.3 is 10.6 Å². The second kappa shape index (κ2) is 10.1. The fourth-order valence-corrected chi connectivity index (χ4v) is 4.05. The van der Waals surface area contributed by atoms with E-state index in [-0.39, 0.29) is 23.9 Å². The minimum Gasteiger partial charge on any atom is -0.334 e. The van der Waals surface area contributed by atoms with Crippen LogP contribution in [0.3, 0.4) is 0 Å². The van der Waals surface area contributed by atoms with Crippen LogP contribution in [0.1, 0.15) is 32.1 Å². The molecule has 2 aromatic carbocycles. The van der Waals surface area contributed by atoms with Gasteiger partial charge in [0.1, 0.15) is 5.82 Å². The van der Waals surface area contributed by atoms with Gasteiger partial charge in [0.05, 0.1) is 11.6 Å². The summed E-state index contributed by atoms with van der Waals surface area (Å²) in [6.45, 7) is 4.31. The second-order valence-corrected chi connectivity index (χ2v) is 8.48. The summed E-state index contributed by atoms with van der Waals surface area (Å²) < 4.78 is 1.60. The molecular formula is C24H27ClN6O2. The molecule has 0 radical (unpaired) electrons. The first-order chi connectivity index (χ1) is 15.9. The molecule has 0 bridgehead atoms. The molecule has 1 aliphatic rings. The molecule has 1 aliphatic heterocycles. The van der Waals surface area contributed by atoms with Gasteiger partial charge in [0, 0.05) is 29.2 Å². The Morgan fingerprint density at radius 3 is 2.55 bits per heavy atom. The van der Waals surface area contributed by atoms with Crippen molar-refractivity contribution in [2.75, 3.05) is 5.32 Å². The van der Waals surface area contributed by atoms with E-state index in [0.717, 1.165) is 17.5 Å². The summed E-state index contributed by atoms with van der Waals surface area (Å²) in [6, 6.07) is 18.3. The lowest BCUT2D eigenvalue weighted by Crippen LogP contribution is -2.57. The molecule has 8 nitrogen and oxygen atoms in total. The first-order valence-corrected chi connectivity index (χ1v) is 11.3. The van der Waals surface area contributed by atoms with Crippen LogP contribution in [-0.4, -0.2) is 27.8 Å². The topological polar surface area (TPSA) is 100 Å².